The summed E-state index contributed by atoms with van der Waals surface area (Å²) >= 11 is 12.2. The lowest BCUT2D eigenvalue weighted by Gasteiger charge is -2.29. The summed E-state index contributed by atoms with van der Waals surface area (Å²) in [4.78, 5) is 271. The van der Waals surface area contributed by atoms with Crippen LogP contribution in [-0.4, -0.2) is 345 Å². The Kier molecular flexibility index (Phi) is 50.4. The molecule has 0 aromatic carbocycles. The van der Waals surface area contributed by atoms with Crippen LogP contribution in [-0.2, 0) is 101 Å². The maximum atomic E-state index is 13.9. The molecule has 0 aliphatic heterocycles. The molecule has 0 radical (unpaired) electrons. The first-order chi connectivity index (χ1) is 54.6. The Morgan fingerprint density at radius 3 is 0.897 bits per heavy atom. The fourth-order valence-electron chi connectivity index (χ4n) is 9.51. The van der Waals surface area contributed by atoms with E-state index < -0.39 is 316 Å². The Balaban J connectivity index is 5.67. The molecule has 117 heavy (non-hydrogen) atoms. The van der Waals surface area contributed by atoms with Crippen LogP contribution in [0.5, 0.6) is 0 Å². The molecule has 0 rings (SSSR count). The number of amides is 19. The Morgan fingerprint density at radius 2 is 0.521 bits per heavy atom. The van der Waals surface area contributed by atoms with Crippen LogP contribution in [0.1, 0.15) is 81.6 Å². The molecule has 0 fully saturated rings. The second kappa shape index (κ2) is 55.3. The zero-order chi connectivity index (χ0) is 89.8. The minimum absolute atomic E-state index is 0.0756. The Bertz CT molecular complexity index is 3470. The van der Waals surface area contributed by atoms with Gasteiger partial charge in [0, 0.05) is 17.3 Å². The van der Waals surface area contributed by atoms with Crippen molar-refractivity contribution in [2.24, 2.45) is 23.5 Å². The lowest BCUT2D eigenvalue weighted by molar-refractivity contribution is -0.142. The monoisotopic (exact) mass is 1730 g/mol. The number of carboxylic acids is 2. The van der Waals surface area contributed by atoms with Gasteiger partial charge in [-0.15, -0.1) is 0 Å². The van der Waals surface area contributed by atoms with Gasteiger partial charge in [0.2, 0.25) is 112 Å². The summed E-state index contributed by atoms with van der Waals surface area (Å²) < 4.78 is 0. The number of carbonyl (C=O) groups excluding carboxylic acids is 19. The highest BCUT2D eigenvalue weighted by molar-refractivity contribution is 7.80. The number of nitrogens with two attached hydrogens (primary N) is 1. The van der Waals surface area contributed by atoms with Crippen molar-refractivity contribution in [3.63, 3.8) is 0 Å². The van der Waals surface area contributed by atoms with Gasteiger partial charge in [-0.1, -0.05) is 41.5 Å². The molecule has 0 spiro atoms. The summed E-state index contributed by atoms with van der Waals surface area (Å²) in [7, 11) is 0. The standard InChI is InChI=1S/C65H110N20O29S3/c1-26(2)10-32(53(102)72-18-48(99)100)73-46(96)17-71-54(103)35(19-86)77-59(108)37(21-88)79-58(107)36(20-87)74-45(95)16-69-43(93)14-67-42(92)13-68-44(94)15-70-55(104)39(23-115)82-64(113)50(30(8)90)84-57(106)33(11-27(3)4)75-61(110)40(24-116)81-60(109)38(22-89)78-56(105)34(12-47(97)98)76-63(112)49(28(5)6)83-65(114)51(31(9)91)85-62(111)41(25-117)80-52(101)29(7)66/h26-41,49-51,86-91,115-117H,10-25,66H2,1-9H3,(H,67,92)(H,68,94)(H,69,93)(H,70,104)(H,71,103)(H,72,102)(H,73,96)(H,74,95)(H,75,110)(H,76,112)(H,77,108)(H,78,105)(H,79,107)(H,80,101)(H,81,109)(H,82,113)(H,83,114)(H,84,106)(H,85,111)(H,97,98)(H,99,100)/t29-,30+,31+,32-,33-,34-,35-,36-,37-,38-,39-,40-,41-,49-,50-,51-/m0/s1. The first-order valence-electron chi connectivity index (χ1n) is 36.0. The van der Waals surface area contributed by atoms with Gasteiger partial charge in [0.1, 0.15) is 85.1 Å². The summed E-state index contributed by atoms with van der Waals surface area (Å²) in [5.74, 6) is -26.5. The maximum absolute atomic E-state index is 13.9. The predicted molar refractivity (Wildman–Crippen MR) is 414 cm³/mol. The van der Waals surface area contributed by atoms with Crippen LogP contribution in [0.2, 0.25) is 0 Å². The van der Waals surface area contributed by atoms with Crippen molar-refractivity contribution in [3.8, 4) is 0 Å². The van der Waals surface area contributed by atoms with E-state index in [4.69, 9.17) is 10.8 Å². The van der Waals surface area contributed by atoms with Crippen LogP contribution in [0, 0.1) is 17.8 Å². The molecule has 0 aromatic heterocycles. The molecule has 0 heterocycles. The van der Waals surface area contributed by atoms with E-state index in [1.54, 1.807) is 27.7 Å². The summed E-state index contributed by atoms with van der Waals surface area (Å²) in [6.07, 6.45) is -4.60. The van der Waals surface area contributed by atoms with E-state index in [9.17, 15) is 136 Å². The van der Waals surface area contributed by atoms with Crippen molar-refractivity contribution in [2.45, 2.75) is 178 Å². The highest BCUT2D eigenvalue weighted by Crippen LogP contribution is 2.11. The summed E-state index contributed by atoms with van der Waals surface area (Å²) in [5.41, 5.74) is 5.55. The van der Waals surface area contributed by atoms with E-state index in [0.29, 0.717) is 0 Å². The van der Waals surface area contributed by atoms with Gasteiger partial charge in [0.15, 0.2) is 0 Å². The number of hydrogen-bond donors (Lipinski definition) is 31. The van der Waals surface area contributed by atoms with Crippen molar-refractivity contribution >= 4 is 162 Å². The third kappa shape index (κ3) is 41.4. The molecule has 0 aromatic rings. The lowest BCUT2D eigenvalue weighted by atomic mass is 10.0. The third-order valence-corrected chi connectivity index (χ3v) is 16.9. The highest BCUT2D eigenvalue weighted by Gasteiger charge is 2.39. The molecule has 19 amide bonds. The van der Waals surface area contributed by atoms with Gasteiger partial charge in [-0.3, -0.25) is 101 Å². The van der Waals surface area contributed by atoms with Crippen molar-refractivity contribution in [1.29, 1.82) is 0 Å². The number of rotatable bonds is 55. The number of carboxylic acid groups (broad SMARTS) is 2. The van der Waals surface area contributed by atoms with Gasteiger partial charge in [0.05, 0.1) is 83.8 Å². The van der Waals surface area contributed by atoms with Gasteiger partial charge in [0.25, 0.3) is 0 Å². The van der Waals surface area contributed by atoms with E-state index in [2.05, 4.69) is 123 Å². The van der Waals surface area contributed by atoms with Crippen LogP contribution in [0.15, 0.2) is 0 Å². The van der Waals surface area contributed by atoms with Gasteiger partial charge in [-0.25, -0.2) is 0 Å². The normalized spacial score (nSPS) is 15.1. The first-order valence-corrected chi connectivity index (χ1v) is 37.9. The SMILES string of the molecule is CC(C)C[C@H](NC(=O)CNC(=O)[C@H](CO)NC(=O)[C@H](CO)NC(=O)[C@H](CO)NC(=O)CNC(=O)CNC(=O)CNC(=O)CNC(=O)[C@H](CS)NC(=O)[C@@H](NC(=O)[C@H](CC(C)C)NC(=O)[C@H](CS)NC(=O)[C@H](CO)NC(=O)[C@H](CC(=O)O)NC(=O)[C@@H](NC(=O)[C@@H](NC(=O)[C@H](CS)NC(=O)[C@H](C)N)[C@@H](C)O)C(C)C)[C@@H](C)O)C(=O)NCC(=O)O. The molecule has 0 aliphatic carbocycles. The van der Waals surface area contributed by atoms with E-state index in [-0.39, 0.29) is 24.5 Å². The molecule has 0 saturated carbocycles. The molecule has 0 unspecified atom stereocenters. The topological polar surface area (TPSA) is 775 Å². The van der Waals surface area contributed by atoms with E-state index >= 15 is 0 Å². The highest BCUT2D eigenvalue weighted by atomic mass is 32.1. The largest absolute Gasteiger partial charge is 0.481 e. The maximum Gasteiger partial charge on any atom is 0.322 e. The van der Waals surface area contributed by atoms with Crippen LogP contribution < -0.4 is 107 Å². The van der Waals surface area contributed by atoms with Gasteiger partial charge in [-0.2, -0.15) is 37.9 Å². The molecular weight excluding hydrogens is 1620 g/mol. The minimum atomic E-state index is -2.04. The minimum Gasteiger partial charge on any atom is -0.481 e. The number of hydrogen-bond acceptors (Lipinski definition) is 31. The molecular formula is C65H110N20O29S3. The van der Waals surface area contributed by atoms with Crippen molar-refractivity contribution in [3.05, 3.63) is 0 Å². The second-order valence-electron chi connectivity index (χ2n) is 27.2. The Labute approximate surface area is 686 Å². The number of carbonyl (C=O) groups is 21. The molecule has 29 N–H and O–H groups in total. The lowest BCUT2D eigenvalue weighted by Crippen LogP contribution is -2.63. The fourth-order valence-corrected chi connectivity index (χ4v) is 10.3. The molecule has 49 nitrogen and oxygen atoms in total. The van der Waals surface area contributed by atoms with E-state index in [0.717, 1.165) is 13.8 Å². The van der Waals surface area contributed by atoms with Crippen LogP contribution >= 0.6 is 37.9 Å². The van der Waals surface area contributed by atoms with Gasteiger partial charge < -0.3 is 148 Å². The molecule has 16 atom stereocenters. The Morgan fingerprint density at radius 1 is 0.274 bits per heavy atom. The summed E-state index contributed by atoms with van der Waals surface area (Å²) in [6, 6.07) is -23.2. The third-order valence-electron chi connectivity index (χ3n) is 15.8. The number of nitrogens with one attached hydrogen (secondary N) is 19. The quantitative estimate of drug-likeness (QED) is 0.0251. The van der Waals surface area contributed by atoms with Crippen molar-refractivity contribution in [2.75, 3.05) is 83.0 Å². The van der Waals surface area contributed by atoms with Gasteiger partial charge >= 0.3 is 11.9 Å². The molecule has 52 heteroatoms. The van der Waals surface area contributed by atoms with Crippen molar-refractivity contribution in [1.82, 2.24) is 101 Å². The predicted octanol–water partition coefficient (Wildman–Crippen LogP) is -15.8. The van der Waals surface area contributed by atoms with Crippen molar-refractivity contribution < 1.29 is 142 Å². The molecule has 0 aliphatic rings. The molecule has 0 saturated heterocycles. The first kappa shape index (κ1) is 107. The summed E-state index contributed by atoms with van der Waals surface area (Å²) in [5, 5.41) is 121. The zero-order valence-corrected chi connectivity index (χ0v) is 68.0. The number of aliphatic hydroxyl groups excluding tert-OH is 6. The van der Waals surface area contributed by atoms with E-state index in [1.807, 2.05) is 16.0 Å². The Hall–Kier alpha value is -10.4. The fraction of sp³-hybridized carbons (Fsp3) is 0.677. The number of aliphatic hydroxyl groups is 6. The second-order valence-corrected chi connectivity index (χ2v) is 28.3. The average Bonchev–Trinajstić information content (AvgIpc) is 0.849. The summed E-state index contributed by atoms with van der Waals surface area (Å²) in [6.45, 7) is 3.59. The number of thiol groups is 3. The number of aliphatic carboxylic acids is 2. The molecule has 662 valence electrons. The zero-order valence-electron chi connectivity index (χ0n) is 65.4. The van der Waals surface area contributed by atoms with Crippen LogP contribution in [0.25, 0.3) is 0 Å². The van der Waals surface area contributed by atoms with E-state index in [1.165, 1.54) is 20.8 Å². The smallest absolute Gasteiger partial charge is 0.322 e. The molecule has 0 bridgehead atoms. The van der Waals surface area contributed by atoms with Crippen LogP contribution in [0.3, 0.4) is 0 Å². The van der Waals surface area contributed by atoms with Gasteiger partial charge in [-0.05, 0) is 51.4 Å². The average molecular weight is 1730 g/mol. The van der Waals surface area contributed by atoms with Crippen LogP contribution in [0.4, 0.5) is 0 Å².